The van der Waals surface area contributed by atoms with E-state index in [0.29, 0.717) is 19.2 Å². The van der Waals surface area contributed by atoms with Crippen molar-refractivity contribution in [2.45, 2.75) is 45.3 Å². The van der Waals surface area contributed by atoms with Gasteiger partial charge in [0, 0.05) is 12.6 Å². The number of benzene rings is 1. The van der Waals surface area contributed by atoms with Crippen molar-refractivity contribution in [3.8, 4) is 5.75 Å². The first kappa shape index (κ1) is 15.1. The minimum Gasteiger partial charge on any atom is -0.491 e. The van der Waals surface area contributed by atoms with E-state index < -0.39 is 6.10 Å². The van der Waals surface area contributed by atoms with Crippen LogP contribution in [0.1, 0.15) is 30.4 Å². The van der Waals surface area contributed by atoms with Crippen LogP contribution in [0.4, 0.5) is 0 Å². The van der Waals surface area contributed by atoms with Crippen LogP contribution < -0.4 is 10.1 Å². The Balaban J connectivity index is 1.71. The molecule has 0 fully saturated rings. The van der Waals surface area contributed by atoms with Gasteiger partial charge < -0.3 is 15.2 Å². The number of allylic oxidation sites excluding steroid dienone is 1. The van der Waals surface area contributed by atoms with Gasteiger partial charge in [-0.25, -0.2) is 0 Å². The number of rotatable bonds is 6. The van der Waals surface area contributed by atoms with Gasteiger partial charge in [0.2, 0.25) is 0 Å². The summed E-state index contributed by atoms with van der Waals surface area (Å²) in [4.78, 5) is 0. The predicted octanol–water partition coefficient (Wildman–Crippen LogP) is 2.74. The summed E-state index contributed by atoms with van der Waals surface area (Å²) in [5.74, 6) is 0.857. The molecule has 0 heterocycles. The lowest BCUT2D eigenvalue weighted by Gasteiger charge is -2.21. The van der Waals surface area contributed by atoms with E-state index in [-0.39, 0.29) is 0 Å². The average Bonchev–Trinajstić information content (AvgIpc) is 2.45. The van der Waals surface area contributed by atoms with Crippen LogP contribution in [-0.4, -0.2) is 30.4 Å². The van der Waals surface area contributed by atoms with Crippen LogP contribution in [0.15, 0.2) is 30.4 Å². The molecule has 2 atom stereocenters. The zero-order valence-corrected chi connectivity index (χ0v) is 12.4. The zero-order chi connectivity index (χ0) is 14.4. The van der Waals surface area contributed by atoms with Crippen LogP contribution in [0.3, 0.4) is 0 Å². The molecule has 110 valence electrons. The third-order valence-corrected chi connectivity index (χ3v) is 3.67. The lowest BCUT2D eigenvalue weighted by Crippen LogP contribution is -2.38. The van der Waals surface area contributed by atoms with Crippen molar-refractivity contribution in [2.24, 2.45) is 0 Å². The lowest BCUT2D eigenvalue weighted by atomic mass is 10.0. The zero-order valence-electron chi connectivity index (χ0n) is 12.4. The molecule has 0 saturated heterocycles. The van der Waals surface area contributed by atoms with E-state index in [1.54, 1.807) is 0 Å². The Labute approximate surface area is 121 Å². The van der Waals surface area contributed by atoms with E-state index in [9.17, 15) is 5.11 Å². The topological polar surface area (TPSA) is 41.5 Å². The van der Waals surface area contributed by atoms with Crippen LogP contribution in [0.5, 0.6) is 5.75 Å². The van der Waals surface area contributed by atoms with Crippen molar-refractivity contribution in [1.29, 1.82) is 0 Å². The SMILES string of the molecule is Cc1ccc(OCC(O)CNC2CC=CCC2)c(C)c1. The predicted molar refractivity (Wildman–Crippen MR) is 82.2 cm³/mol. The maximum atomic E-state index is 9.98. The Kier molecular flexibility index (Phi) is 5.62. The molecule has 0 aliphatic heterocycles. The van der Waals surface area contributed by atoms with Gasteiger partial charge in [-0.2, -0.15) is 0 Å². The van der Waals surface area contributed by atoms with Crippen molar-refractivity contribution >= 4 is 0 Å². The van der Waals surface area contributed by atoms with Crippen LogP contribution in [-0.2, 0) is 0 Å². The molecule has 0 amide bonds. The standard InChI is InChI=1S/C17H25NO2/c1-13-8-9-17(14(2)10-13)20-12-16(19)11-18-15-6-4-3-5-7-15/h3-4,8-10,15-16,18-19H,5-7,11-12H2,1-2H3. The van der Waals surface area contributed by atoms with Gasteiger partial charge in [-0.1, -0.05) is 29.8 Å². The number of hydrogen-bond donors (Lipinski definition) is 2. The van der Waals surface area contributed by atoms with E-state index in [2.05, 4.69) is 30.5 Å². The first-order valence-electron chi connectivity index (χ1n) is 7.41. The summed E-state index contributed by atoms with van der Waals surface area (Å²) in [6, 6.07) is 6.59. The summed E-state index contributed by atoms with van der Waals surface area (Å²) in [6.07, 6.45) is 7.30. The maximum absolute atomic E-state index is 9.98. The van der Waals surface area contributed by atoms with Gasteiger partial charge in [-0.15, -0.1) is 0 Å². The third-order valence-electron chi connectivity index (χ3n) is 3.67. The number of nitrogens with one attached hydrogen (secondary N) is 1. The second-order valence-corrected chi connectivity index (χ2v) is 5.62. The average molecular weight is 275 g/mol. The van der Waals surface area contributed by atoms with Gasteiger partial charge in [0.1, 0.15) is 18.5 Å². The van der Waals surface area contributed by atoms with Crippen molar-refractivity contribution < 1.29 is 9.84 Å². The fourth-order valence-electron chi connectivity index (χ4n) is 2.49. The molecule has 2 rings (SSSR count). The van der Waals surface area contributed by atoms with Crippen LogP contribution in [0.2, 0.25) is 0 Å². The van der Waals surface area contributed by atoms with Crippen molar-refractivity contribution in [3.63, 3.8) is 0 Å². The summed E-state index contributed by atoms with van der Waals surface area (Å²) in [7, 11) is 0. The molecule has 1 aliphatic rings. The Bertz CT molecular complexity index is 456. The highest BCUT2D eigenvalue weighted by Gasteiger charge is 2.12. The highest BCUT2D eigenvalue weighted by Crippen LogP contribution is 2.18. The number of ether oxygens (including phenoxy) is 1. The van der Waals surface area contributed by atoms with Gasteiger partial charge in [0.05, 0.1) is 0 Å². The van der Waals surface area contributed by atoms with Gasteiger partial charge in [0.15, 0.2) is 0 Å². The van der Waals surface area contributed by atoms with Gasteiger partial charge in [-0.05, 0) is 44.7 Å². The number of aryl methyl sites for hydroxylation is 2. The fraction of sp³-hybridized carbons (Fsp3) is 0.529. The van der Waals surface area contributed by atoms with Gasteiger partial charge >= 0.3 is 0 Å². The normalized spacial score (nSPS) is 19.9. The molecule has 3 heteroatoms. The minimum absolute atomic E-state index is 0.333. The molecular formula is C17H25NO2. The molecule has 1 aromatic carbocycles. The Hall–Kier alpha value is -1.32. The van der Waals surface area contributed by atoms with E-state index in [1.165, 1.54) is 5.56 Å². The van der Waals surface area contributed by atoms with E-state index in [1.807, 2.05) is 19.1 Å². The molecule has 3 nitrogen and oxygen atoms in total. The third kappa shape index (κ3) is 4.66. The van der Waals surface area contributed by atoms with Crippen molar-refractivity contribution in [1.82, 2.24) is 5.32 Å². The highest BCUT2D eigenvalue weighted by molar-refractivity contribution is 5.35. The molecule has 2 unspecified atom stereocenters. The largest absolute Gasteiger partial charge is 0.491 e. The summed E-state index contributed by atoms with van der Waals surface area (Å²) in [5.41, 5.74) is 2.34. The Morgan fingerprint density at radius 1 is 1.35 bits per heavy atom. The van der Waals surface area contributed by atoms with E-state index in [4.69, 9.17) is 4.74 Å². The summed E-state index contributed by atoms with van der Waals surface area (Å²) in [5, 5.41) is 13.4. The second-order valence-electron chi connectivity index (χ2n) is 5.62. The van der Waals surface area contributed by atoms with Crippen molar-refractivity contribution in [2.75, 3.05) is 13.2 Å². The smallest absolute Gasteiger partial charge is 0.122 e. The first-order valence-corrected chi connectivity index (χ1v) is 7.41. The van der Waals surface area contributed by atoms with E-state index in [0.717, 1.165) is 30.6 Å². The quantitative estimate of drug-likeness (QED) is 0.784. The Morgan fingerprint density at radius 3 is 2.90 bits per heavy atom. The molecule has 1 aromatic rings. The molecular weight excluding hydrogens is 250 g/mol. The fourth-order valence-corrected chi connectivity index (χ4v) is 2.49. The highest BCUT2D eigenvalue weighted by atomic mass is 16.5. The van der Waals surface area contributed by atoms with E-state index >= 15 is 0 Å². The van der Waals surface area contributed by atoms with Crippen LogP contribution in [0.25, 0.3) is 0 Å². The van der Waals surface area contributed by atoms with Gasteiger partial charge in [0.25, 0.3) is 0 Å². The lowest BCUT2D eigenvalue weighted by molar-refractivity contribution is 0.103. The molecule has 1 aliphatic carbocycles. The molecule has 0 aromatic heterocycles. The maximum Gasteiger partial charge on any atom is 0.122 e. The van der Waals surface area contributed by atoms with Crippen LogP contribution in [0, 0.1) is 13.8 Å². The molecule has 0 radical (unpaired) electrons. The monoisotopic (exact) mass is 275 g/mol. The summed E-state index contributed by atoms with van der Waals surface area (Å²) < 4.78 is 5.69. The number of hydrogen-bond acceptors (Lipinski definition) is 3. The summed E-state index contributed by atoms with van der Waals surface area (Å²) >= 11 is 0. The minimum atomic E-state index is -0.471. The molecule has 20 heavy (non-hydrogen) atoms. The molecule has 0 bridgehead atoms. The van der Waals surface area contributed by atoms with Crippen molar-refractivity contribution in [3.05, 3.63) is 41.5 Å². The number of aliphatic hydroxyl groups is 1. The first-order chi connectivity index (χ1) is 9.65. The molecule has 2 N–H and O–H groups in total. The number of aliphatic hydroxyl groups excluding tert-OH is 1. The van der Waals surface area contributed by atoms with Crippen LogP contribution >= 0.6 is 0 Å². The second kappa shape index (κ2) is 7.46. The Morgan fingerprint density at radius 2 is 2.20 bits per heavy atom. The summed E-state index contributed by atoms with van der Waals surface area (Å²) in [6.45, 7) is 5.01. The molecule has 0 saturated carbocycles. The van der Waals surface area contributed by atoms with Gasteiger partial charge in [-0.3, -0.25) is 0 Å². The molecule has 0 spiro atoms.